The van der Waals surface area contributed by atoms with Crippen LogP contribution >= 0.6 is 0 Å². The highest BCUT2D eigenvalue weighted by molar-refractivity contribution is 5.76. The molecule has 4 heteroatoms. The van der Waals surface area contributed by atoms with Gasteiger partial charge in [0.1, 0.15) is 18.2 Å². The van der Waals surface area contributed by atoms with Crippen molar-refractivity contribution in [1.82, 2.24) is 9.55 Å². The van der Waals surface area contributed by atoms with Crippen molar-refractivity contribution in [2.24, 2.45) is 5.92 Å². The first-order valence-electron chi connectivity index (χ1n) is 5.37. The minimum atomic E-state index is -0.300. The van der Waals surface area contributed by atoms with Crippen LogP contribution in [-0.2, 0) is 13.2 Å². The molecule has 0 aliphatic carbocycles. The number of fused-ring (bicyclic) bond motifs is 1. The molecule has 1 aromatic carbocycles. The molecule has 0 fully saturated rings. The SMILES string of the molecule is CC(C)Cn1c(CO)nc2cc(F)ccc21. The second-order valence-electron chi connectivity index (χ2n) is 4.32. The second kappa shape index (κ2) is 4.22. The zero-order valence-corrected chi connectivity index (χ0v) is 9.44. The predicted molar refractivity (Wildman–Crippen MR) is 60.5 cm³/mol. The second-order valence-corrected chi connectivity index (χ2v) is 4.32. The van der Waals surface area contributed by atoms with Gasteiger partial charge in [-0.2, -0.15) is 0 Å². The molecule has 0 atom stereocenters. The van der Waals surface area contributed by atoms with Gasteiger partial charge in [0.2, 0.25) is 0 Å². The van der Waals surface area contributed by atoms with E-state index in [1.54, 1.807) is 6.07 Å². The summed E-state index contributed by atoms with van der Waals surface area (Å²) >= 11 is 0. The van der Waals surface area contributed by atoms with E-state index in [-0.39, 0.29) is 12.4 Å². The first-order valence-corrected chi connectivity index (χ1v) is 5.37. The van der Waals surface area contributed by atoms with Crippen molar-refractivity contribution >= 4 is 11.0 Å². The van der Waals surface area contributed by atoms with Crippen LogP contribution in [0.4, 0.5) is 4.39 Å². The van der Waals surface area contributed by atoms with Crippen molar-refractivity contribution in [3.63, 3.8) is 0 Å². The average Bonchev–Trinajstić information content (AvgIpc) is 2.55. The number of hydrogen-bond acceptors (Lipinski definition) is 2. The minimum absolute atomic E-state index is 0.122. The summed E-state index contributed by atoms with van der Waals surface area (Å²) in [4.78, 5) is 4.22. The lowest BCUT2D eigenvalue weighted by molar-refractivity contribution is 0.263. The summed E-state index contributed by atoms with van der Waals surface area (Å²) in [6.45, 7) is 4.84. The largest absolute Gasteiger partial charge is 0.388 e. The molecule has 3 nitrogen and oxygen atoms in total. The third kappa shape index (κ3) is 1.93. The van der Waals surface area contributed by atoms with Crippen LogP contribution in [0, 0.1) is 11.7 Å². The molecule has 2 rings (SSSR count). The molecule has 0 unspecified atom stereocenters. The number of nitrogens with zero attached hydrogens (tertiary/aromatic N) is 2. The van der Waals surface area contributed by atoms with E-state index in [9.17, 15) is 9.50 Å². The van der Waals surface area contributed by atoms with Gasteiger partial charge >= 0.3 is 0 Å². The van der Waals surface area contributed by atoms with Crippen LogP contribution in [-0.4, -0.2) is 14.7 Å². The van der Waals surface area contributed by atoms with Gasteiger partial charge in [-0.1, -0.05) is 13.8 Å². The topological polar surface area (TPSA) is 38.0 Å². The Labute approximate surface area is 93.5 Å². The van der Waals surface area contributed by atoms with Gasteiger partial charge in [-0.05, 0) is 18.1 Å². The van der Waals surface area contributed by atoms with Gasteiger partial charge in [0.15, 0.2) is 0 Å². The lowest BCUT2D eigenvalue weighted by Crippen LogP contribution is -2.08. The number of imidazole rings is 1. The average molecular weight is 222 g/mol. The summed E-state index contributed by atoms with van der Waals surface area (Å²) in [5, 5.41) is 9.22. The van der Waals surface area contributed by atoms with Crippen LogP contribution in [0.1, 0.15) is 19.7 Å². The molecule has 0 amide bonds. The van der Waals surface area contributed by atoms with Crippen LogP contribution < -0.4 is 0 Å². The number of halogens is 1. The molecule has 0 aliphatic heterocycles. The Balaban J connectivity index is 2.59. The van der Waals surface area contributed by atoms with Crippen LogP contribution in [0.5, 0.6) is 0 Å². The monoisotopic (exact) mass is 222 g/mol. The molecule has 16 heavy (non-hydrogen) atoms. The van der Waals surface area contributed by atoms with Crippen molar-refractivity contribution in [2.45, 2.75) is 27.0 Å². The predicted octanol–water partition coefficient (Wildman–Crippen LogP) is 2.32. The maximum absolute atomic E-state index is 13.0. The lowest BCUT2D eigenvalue weighted by Gasteiger charge is -2.10. The molecule has 1 heterocycles. The van der Waals surface area contributed by atoms with Gasteiger partial charge in [-0.3, -0.25) is 0 Å². The summed E-state index contributed by atoms with van der Waals surface area (Å²) in [5.74, 6) is 0.744. The van der Waals surface area contributed by atoms with Gasteiger partial charge in [0, 0.05) is 12.6 Å². The summed E-state index contributed by atoms with van der Waals surface area (Å²) in [6, 6.07) is 4.52. The van der Waals surface area contributed by atoms with Crippen molar-refractivity contribution < 1.29 is 9.50 Å². The molecule has 0 radical (unpaired) electrons. The fourth-order valence-electron chi connectivity index (χ4n) is 1.84. The minimum Gasteiger partial charge on any atom is -0.388 e. The van der Waals surface area contributed by atoms with E-state index in [4.69, 9.17) is 0 Å². The third-order valence-corrected chi connectivity index (χ3v) is 2.48. The molecule has 86 valence electrons. The summed E-state index contributed by atoms with van der Waals surface area (Å²) in [6.07, 6.45) is 0. The highest BCUT2D eigenvalue weighted by Crippen LogP contribution is 2.19. The van der Waals surface area contributed by atoms with Gasteiger partial charge in [-0.25, -0.2) is 9.37 Å². The van der Waals surface area contributed by atoms with Gasteiger partial charge in [0.05, 0.1) is 11.0 Å². The van der Waals surface area contributed by atoms with E-state index < -0.39 is 0 Å². The zero-order valence-electron chi connectivity index (χ0n) is 9.44. The molecule has 0 aliphatic rings. The molecule has 0 saturated heterocycles. The van der Waals surface area contributed by atoms with E-state index in [1.807, 2.05) is 4.57 Å². The van der Waals surface area contributed by atoms with Crippen LogP contribution in [0.2, 0.25) is 0 Å². The van der Waals surface area contributed by atoms with E-state index in [2.05, 4.69) is 18.8 Å². The highest BCUT2D eigenvalue weighted by atomic mass is 19.1. The fourth-order valence-corrected chi connectivity index (χ4v) is 1.84. The van der Waals surface area contributed by atoms with Crippen molar-refractivity contribution in [2.75, 3.05) is 0 Å². The standard InChI is InChI=1S/C12H15FN2O/c1-8(2)6-15-11-4-3-9(13)5-10(11)14-12(15)7-16/h3-5,8,16H,6-7H2,1-2H3. The molecule has 0 saturated carbocycles. The Morgan fingerprint density at radius 1 is 1.44 bits per heavy atom. The van der Waals surface area contributed by atoms with E-state index >= 15 is 0 Å². The van der Waals surface area contributed by atoms with Crippen molar-refractivity contribution in [1.29, 1.82) is 0 Å². The number of benzene rings is 1. The molecular formula is C12H15FN2O. The number of aliphatic hydroxyl groups is 1. The molecule has 1 N–H and O–H groups in total. The molecule has 2 aromatic rings. The zero-order chi connectivity index (χ0) is 11.7. The summed E-state index contributed by atoms with van der Waals surface area (Å²) in [7, 11) is 0. The van der Waals surface area contributed by atoms with Crippen LogP contribution in [0.25, 0.3) is 11.0 Å². The van der Waals surface area contributed by atoms with Crippen LogP contribution in [0.15, 0.2) is 18.2 Å². The Hall–Kier alpha value is -1.42. The first-order chi connectivity index (χ1) is 7.61. The Kier molecular flexibility index (Phi) is 2.92. The Morgan fingerprint density at radius 2 is 2.19 bits per heavy atom. The number of hydrogen-bond donors (Lipinski definition) is 1. The quantitative estimate of drug-likeness (QED) is 0.865. The van der Waals surface area contributed by atoms with E-state index in [0.29, 0.717) is 17.3 Å². The smallest absolute Gasteiger partial charge is 0.135 e. The van der Waals surface area contributed by atoms with Gasteiger partial charge < -0.3 is 9.67 Å². The van der Waals surface area contributed by atoms with Gasteiger partial charge in [0.25, 0.3) is 0 Å². The normalized spacial score (nSPS) is 11.6. The molecule has 0 bridgehead atoms. The van der Waals surface area contributed by atoms with Crippen molar-refractivity contribution in [3.8, 4) is 0 Å². The lowest BCUT2D eigenvalue weighted by atomic mass is 10.2. The first kappa shape index (κ1) is 11.1. The maximum Gasteiger partial charge on any atom is 0.135 e. The van der Waals surface area contributed by atoms with Gasteiger partial charge in [-0.15, -0.1) is 0 Å². The summed E-state index contributed by atoms with van der Waals surface area (Å²) < 4.78 is 15.0. The molecular weight excluding hydrogens is 207 g/mol. The Morgan fingerprint density at radius 3 is 2.81 bits per heavy atom. The summed E-state index contributed by atoms with van der Waals surface area (Å²) in [5.41, 5.74) is 1.48. The highest BCUT2D eigenvalue weighted by Gasteiger charge is 2.11. The van der Waals surface area contributed by atoms with Crippen molar-refractivity contribution in [3.05, 3.63) is 29.8 Å². The van der Waals surface area contributed by atoms with Crippen LogP contribution in [0.3, 0.4) is 0 Å². The maximum atomic E-state index is 13.0. The number of aliphatic hydroxyl groups excluding tert-OH is 1. The fraction of sp³-hybridized carbons (Fsp3) is 0.417. The molecule has 0 spiro atoms. The number of rotatable bonds is 3. The third-order valence-electron chi connectivity index (χ3n) is 2.48. The Bertz CT molecular complexity index is 505. The van der Waals surface area contributed by atoms with E-state index in [1.165, 1.54) is 12.1 Å². The van der Waals surface area contributed by atoms with E-state index in [0.717, 1.165) is 12.1 Å². The number of aromatic nitrogens is 2. The molecule has 1 aromatic heterocycles.